The van der Waals surface area contributed by atoms with E-state index in [2.05, 4.69) is 30.7 Å². The van der Waals surface area contributed by atoms with E-state index in [4.69, 9.17) is 17.0 Å². The molecule has 1 aromatic carbocycles. The Balaban J connectivity index is 1.62. The molecular formula is C15H15N7OS. The minimum Gasteiger partial charge on any atom is -0.463 e. The van der Waals surface area contributed by atoms with Crippen LogP contribution < -0.4 is 15.4 Å². The summed E-state index contributed by atoms with van der Waals surface area (Å²) in [6.07, 6.45) is 6.39. The van der Waals surface area contributed by atoms with E-state index in [0.29, 0.717) is 23.5 Å². The molecule has 2 N–H and O–H groups in total. The Morgan fingerprint density at radius 3 is 2.71 bits per heavy atom. The van der Waals surface area contributed by atoms with Crippen molar-refractivity contribution < 1.29 is 4.74 Å². The highest BCUT2D eigenvalue weighted by molar-refractivity contribution is 7.80. The van der Waals surface area contributed by atoms with Crippen LogP contribution >= 0.6 is 12.2 Å². The SMILES string of the molecule is CCOc1ncn(-c2ccc(NC(=S)Nc3cnccn3)cc2)n1. The highest BCUT2D eigenvalue weighted by Gasteiger charge is 2.04. The van der Waals surface area contributed by atoms with E-state index in [1.165, 1.54) is 0 Å². The lowest BCUT2D eigenvalue weighted by atomic mass is 10.3. The number of rotatable bonds is 5. The molecule has 2 heterocycles. The minimum absolute atomic E-state index is 0.356. The van der Waals surface area contributed by atoms with E-state index in [9.17, 15) is 0 Å². The molecule has 9 heteroatoms. The third-order valence-corrected chi connectivity index (χ3v) is 3.14. The summed E-state index contributed by atoms with van der Waals surface area (Å²) in [7, 11) is 0. The monoisotopic (exact) mass is 341 g/mol. The van der Waals surface area contributed by atoms with Crippen LogP contribution in [0.3, 0.4) is 0 Å². The minimum atomic E-state index is 0.356. The van der Waals surface area contributed by atoms with Crippen molar-refractivity contribution in [2.45, 2.75) is 6.92 Å². The van der Waals surface area contributed by atoms with Gasteiger partial charge in [-0.2, -0.15) is 4.98 Å². The average molecular weight is 341 g/mol. The van der Waals surface area contributed by atoms with Crippen molar-refractivity contribution >= 4 is 28.8 Å². The van der Waals surface area contributed by atoms with E-state index in [1.54, 1.807) is 29.6 Å². The molecule has 3 aromatic rings. The molecule has 0 saturated heterocycles. The number of benzene rings is 1. The first-order valence-corrected chi connectivity index (χ1v) is 7.64. The topological polar surface area (TPSA) is 89.8 Å². The second-order valence-corrected chi connectivity index (χ2v) is 5.03. The third kappa shape index (κ3) is 4.02. The first-order chi connectivity index (χ1) is 11.7. The largest absolute Gasteiger partial charge is 0.463 e. The van der Waals surface area contributed by atoms with Crippen LogP contribution in [0.1, 0.15) is 6.92 Å². The second kappa shape index (κ2) is 7.47. The summed E-state index contributed by atoms with van der Waals surface area (Å²) in [5, 5.41) is 10.7. The Labute approximate surface area is 143 Å². The summed E-state index contributed by atoms with van der Waals surface area (Å²) in [6.45, 7) is 2.42. The molecule has 122 valence electrons. The molecule has 3 rings (SSSR count). The number of thiocarbonyl (C=S) groups is 1. The molecule has 0 fully saturated rings. The number of hydrogen-bond acceptors (Lipinski definition) is 6. The molecule has 24 heavy (non-hydrogen) atoms. The molecule has 0 amide bonds. The first-order valence-electron chi connectivity index (χ1n) is 7.23. The molecule has 0 radical (unpaired) electrons. The van der Waals surface area contributed by atoms with Crippen molar-refractivity contribution in [1.29, 1.82) is 0 Å². The molecule has 0 aliphatic carbocycles. The van der Waals surface area contributed by atoms with Crippen molar-refractivity contribution in [3.63, 3.8) is 0 Å². The second-order valence-electron chi connectivity index (χ2n) is 4.62. The quantitative estimate of drug-likeness (QED) is 0.683. The van der Waals surface area contributed by atoms with Crippen LogP contribution in [-0.4, -0.2) is 36.5 Å². The normalized spacial score (nSPS) is 10.2. The maximum Gasteiger partial charge on any atom is 0.335 e. The number of anilines is 2. The Morgan fingerprint density at radius 1 is 1.17 bits per heavy atom. The number of aromatic nitrogens is 5. The van der Waals surface area contributed by atoms with Gasteiger partial charge in [-0.25, -0.2) is 9.67 Å². The Morgan fingerprint density at radius 2 is 2.00 bits per heavy atom. The van der Waals surface area contributed by atoms with Gasteiger partial charge in [-0.3, -0.25) is 4.98 Å². The summed E-state index contributed by atoms with van der Waals surface area (Å²) in [5.74, 6) is 0.581. The first kappa shape index (κ1) is 15.8. The van der Waals surface area contributed by atoms with E-state index in [-0.39, 0.29) is 0 Å². The lowest BCUT2D eigenvalue weighted by Gasteiger charge is -2.10. The average Bonchev–Trinajstić information content (AvgIpc) is 3.05. The standard InChI is InChI=1S/C15H15N7OS/c1-2-23-14-18-10-22(21-14)12-5-3-11(4-6-12)19-15(24)20-13-9-16-7-8-17-13/h3-10H,2H2,1H3,(H2,17,19,20,24). The third-order valence-electron chi connectivity index (χ3n) is 2.94. The summed E-state index contributed by atoms with van der Waals surface area (Å²) in [5.41, 5.74) is 1.71. The Hall–Kier alpha value is -3.07. The number of nitrogens with zero attached hydrogens (tertiary/aromatic N) is 5. The molecular weight excluding hydrogens is 326 g/mol. The zero-order valence-corrected chi connectivity index (χ0v) is 13.7. The van der Waals surface area contributed by atoms with Gasteiger partial charge >= 0.3 is 6.01 Å². The molecule has 0 saturated carbocycles. The summed E-state index contributed by atoms with van der Waals surface area (Å²) in [4.78, 5) is 12.1. The maximum atomic E-state index is 5.25. The summed E-state index contributed by atoms with van der Waals surface area (Å²) in [6, 6.07) is 7.94. The highest BCUT2D eigenvalue weighted by Crippen LogP contribution is 2.14. The van der Waals surface area contributed by atoms with Gasteiger partial charge in [0.25, 0.3) is 0 Å². The lowest BCUT2D eigenvalue weighted by Crippen LogP contribution is -2.19. The number of hydrogen-bond donors (Lipinski definition) is 2. The fourth-order valence-corrected chi connectivity index (χ4v) is 2.13. The zero-order valence-electron chi connectivity index (χ0n) is 12.9. The van der Waals surface area contributed by atoms with Crippen molar-refractivity contribution in [2.75, 3.05) is 17.2 Å². The van der Waals surface area contributed by atoms with Crippen molar-refractivity contribution in [3.8, 4) is 11.7 Å². The fourth-order valence-electron chi connectivity index (χ4n) is 1.91. The van der Waals surface area contributed by atoms with Crippen LogP contribution in [0, 0.1) is 0 Å². The Kier molecular flexibility index (Phi) is 4.92. The maximum absolute atomic E-state index is 5.25. The van der Waals surface area contributed by atoms with Gasteiger partial charge in [-0.05, 0) is 43.4 Å². The predicted octanol–water partition coefficient (Wildman–Crippen LogP) is 2.26. The molecule has 0 aliphatic rings. The summed E-state index contributed by atoms with van der Waals surface area (Å²) < 4.78 is 6.89. The molecule has 8 nitrogen and oxygen atoms in total. The van der Waals surface area contributed by atoms with Gasteiger partial charge in [0, 0.05) is 18.1 Å². The number of nitrogens with one attached hydrogen (secondary N) is 2. The van der Waals surface area contributed by atoms with Crippen LogP contribution in [0.5, 0.6) is 6.01 Å². The van der Waals surface area contributed by atoms with Crippen LogP contribution in [0.4, 0.5) is 11.5 Å². The van der Waals surface area contributed by atoms with Crippen LogP contribution in [-0.2, 0) is 0 Å². The van der Waals surface area contributed by atoms with Gasteiger partial charge < -0.3 is 15.4 Å². The van der Waals surface area contributed by atoms with Gasteiger partial charge in [0.1, 0.15) is 6.33 Å². The van der Waals surface area contributed by atoms with Crippen molar-refractivity contribution in [3.05, 3.63) is 49.2 Å². The highest BCUT2D eigenvalue weighted by atomic mass is 32.1. The van der Waals surface area contributed by atoms with Gasteiger partial charge in [-0.15, -0.1) is 5.10 Å². The molecule has 0 spiro atoms. The van der Waals surface area contributed by atoms with Crippen LogP contribution in [0.2, 0.25) is 0 Å². The molecule has 0 bridgehead atoms. The van der Waals surface area contributed by atoms with E-state index in [1.807, 2.05) is 31.2 Å². The lowest BCUT2D eigenvalue weighted by molar-refractivity contribution is 0.312. The summed E-state index contributed by atoms with van der Waals surface area (Å²) >= 11 is 5.24. The zero-order chi connectivity index (χ0) is 16.8. The predicted molar refractivity (Wildman–Crippen MR) is 94.4 cm³/mol. The van der Waals surface area contributed by atoms with Gasteiger partial charge in [-0.1, -0.05) is 0 Å². The van der Waals surface area contributed by atoms with E-state index >= 15 is 0 Å². The molecule has 2 aromatic heterocycles. The molecule has 0 aliphatic heterocycles. The van der Waals surface area contributed by atoms with Crippen molar-refractivity contribution in [2.24, 2.45) is 0 Å². The molecule has 0 atom stereocenters. The Bertz CT molecular complexity index is 804. The van der Waals surface area contributed by atoms with Crippen LogP contribution in [0.15, 0.2) is 49.2 Å². The van der Waals surface area contributed by atoms with Gasteiger partial charge in [0.15, 0.2) is 10.9 Å². The van der Waals surface area contributed by atoms with E-state index in [0.717, 1.165) is 11.4 Å². The fraction of sp³-hybridized carbons (Fsp3) is 0.133. The van der Waals surface area contributed by atoms with E-state index < -0.39 is 0 Å². The smallest absolute Gasteiger partial charge is 0.335 e. The number of ether oxygens (including phenoxy) is 1. The van der Waals surface area contributed by atoms with Gasteiger partial charge in [0.05, 0.1) is 18.5 Å². The van der Waals surface area contributed by atoms with Gasteiger partial charge in [0.2, 0.25) is 0 Å². The molecule has 0 unspecified atom stereocenters. The van der Waals surface area contributed by atoms with Crippen LogP contribution in [0.25, 0.3) is 5.69 Å². The van der Waals surface area contributed by atoms with Crippen molar-refractivity contribution in [1.82, 2.24) is 24.7 Å².